The zero-order chi connectivity index (χ0) is 20.5. The first kappa shape index (κ1) is 18.9. The van der Waals surface area contributed by atoms with Crippen molar-refractivity contribution in [1.29, 1.82) is 0 Å². The largest absolute Gasteiger partial charge is 0.496 e. The number of amides is 1. The predicted molar refractivity (Wildman–Crippen MR) is 109 cm³/mol. The van der Waals surface area contributed by atoms with Gasteiger partial charge in [0.15, 0.2) is 0 Å². The molecular weight excluding hydrogens is 372 g/mol. The number of rotatable bonds is 6. The van der Waals surface area contributed by atoms with Crippen LogP contribution in [0.2, 0.25) is 0 Å². The zero-order valence-electron chi connectivity index (χ0n) is 16.3. The molecule has 2 heterocycles. The lowest BCUT2D eigenvalue weighted by Gasteiger charge is -2.11. The van der Waals surface area contributed by atoms with E-state index in [1.54, 1.807) is 7.11 Å². The van der Waals surface area contributed by atoms with Crippen LogP contribution in [-0.2, 0) is 6.42 Å². The molecule has 0 spiro atoms. The Kier molecular flexibility index (Phi) is 4.92. The molecule has 0 radical (unpaired) electrons. The molecule has 4 rings (SSSR count). The summed E-state index contributed by atoms with van der Waals surface area (Å²) in [5, 5.41) is 3.09. The second-order valence-corrected chi connectivity index (χ2v) is 7.28. The fourth-order valence-corrected chi connectivity index (χ4v) is 3.45. The molecule has 1 amide bonds. The van der Waals surface area contributed by atoms with Gasteiger partial charge in [0, 0.05) is 18.8 Å². The van der Waals surface area contributed by atoms with Crippen LogP contribution >= 0.6 is 0 Å². The topological polar surface area (TPSA) is 106 Å². The van der Waals surface area contributed by atoms with E-state index >= 15 is 0 Å². The van der Waals surface area contributed by atoms with Gasteiger partial charge in [-0.3, -0.25) is 19.1 Å². The minimum Gasteiger partial charge on any atom is -0.496 e. The van der Waals surface area contributed by atoms with Crippen molar-refractivity contribution in [3.05, 3.63) is 68.0 Å². The number of pyridine rings is 1. The van der Waals surface area contributed by atoms with Crippen molar-refractivity contribution in [2.45, 2.75) is 32.2 Å². The second kappa shape index (κ2) is 7.54. The summed E-state index contributed by atoms with van der Waals surface area (Å²) in [7, 11) is 1.62. The van der Waals surface area contributed by atoms with Gasteiger partial charge in [-0.15, -0.1) is 0 Å². The molecule has 0 atom stereocenters. The Balaban J connectivity index is 1.53. The number of aromatic nitrogens is 3. The molecule has 1 saturated carbocycles. The van der Waals surface area contributed by atoms with Crippen molar-refractivity contribution >= 4 is 16.9 Å². The first-order chi connectivity index (χ1) is 14.0. The van der Waals surface area contributed by atoms with E-state index in [2.05, 4.69) is 15.3 Å². The van der Waals surface area contributed by atoms with Crippen LogP contribution < -0.4 is 21.3 Å². The van der Waals surface area contributed by atoms with Crippen LogP contribution in [0, 0.1) is 6.92 Å². The molecule has 150 valence electrons. The maximum absolute atomic E-state index is 12.5. The van der Waals surface area contributed by atoms with Gasteiger partial charge in [-0.25, -0.2) is 9.78 Å². The number of hydrogen-bond donors (Lipinski definition) is 2. The van der Waals surface area contributed by atoms with Gasteiger partial charge in [-0.2, -0.15) is 0 Å². The van der Waals surface area contributed by atoms with Crippen molar-refractivity contribution in [1.82, 2.24) is 19.9 Å². The Hall–Kier alpha value is -3.42. The molecule has 2 N–H and O–H groups in total. The van der Waals surface area contributed by atoms with Gasteiger partial charge >= 0.3 is 5.69 Å². The number of carbonyl (C=O) groups is 1. The van der Waals surface area contributed by atoms with Crippen molar-refractivity contribution in [3.63, 3.8) is 0 Å². The molecule has 0 bridgehead atoms. The minimum atomic E-state index is -0.534. The van der Waals surface area contributed by atoms with E-state index in [1.165, 1.54) is 16.8 Å². The van der Waals surface area contributed by atoms with Crippen LogP contribution in [0.4, 0.5) is 0 Å². The smallest absolute Gasteiger partial charge is 0.330 e. The average molecular weight is 394 g/mol. The minimum absolute atomic E-state index is 0.0679. The van der Waals surface area contributed by atoms with Crippen LogP contribution in [-0.4, -0.2) is 34.1 Å². The Morgan fingerprint density at radius 2 is 2.10 bits per heavy atom. The zero-order valence-corrected chi connectivity index (χ0v) is 16.3. The van der Waals surface area contributed by atoms with Crippen molar-refractivity contribution < 1.29 is 9.53 Å². The SMILES string of the molecule is COc1ccc(C)cc1CCNC(=O)c1cnc2c(c1)c(=O)[nH]c(=O)n2C1CC1. The van der Waals surface area contributed by atoms with E-state index in [4.69, 9.17) is 4.74 Å². The normalized spacial score (nSPS) is 13.4. The van der Waals surface area contributed by atoms with Crippen LogP contribution in [0.15, 0.2) is 40.1 Å². The molecule has 1 aliphatic rings. The molecule has 8 heteroatoms. The van der Waals surface area contributed by atoms with E-state index in [1.807, 2.05) is 25.1 Å². The lowest BCUT2D eigenvalue weighted by molar-refractivity contribution is 0.0954. The Morgan fingerprint density at radius 1 is 1.31 bits per heavy atom. The van der Waals surface area contributed by atoms with E-state index in [9.17, 15) is 14.4 Å². The number of ether oxygens (including phenoxy) is 1. The number of nitrogens with one attached hydrogen (secondary N) is 2. The van der Waals surface area contributed by atoms with Crippen molar-refractivity contribution in [2.75, 3.05) is 13.7 Å². The number of fused-ring (bicyclic) bond motifs is 1. The van der Waals surface area contributed by atoms with Gasteiger partial charge < -0.3 is 10.1 Å². The lowest BCUT2D eigenvalue weighted by Crippen LogP contribution is -2.31. The maximum atomic E-state index is 12.5. The quantitative estimate of drug-likeness (QED) is 0.662. The molecule has 1 aromatic carbocycles. The van der Waals surface area contributed by atoms with Gasteiger partial charge in [0.2, 0.25) is 0 Å². The monoisotopic (exact) mass is 394 g/mol. The molecule has 0 aliphatic heterocycles. The summed E-state index contributed by atoms with van der Waals surface area (Å²) < 4.78 is 6.86. The summed E-state index contributed by atoms with van der Waals surface area (Å²) in [5.74, 6) is 0.455. The molecule has 0 unspecified atom stereocenters. The summed E-state index contributed by atoms with van der Waals surface area (Å²) in [6, 6.07) is 7.46. The van der Waals surface area contributed by atoms with Crippen LogP contribution in [0.3, 0.4) is 0 Å². The van der Waals surface area contributed by atoms with Crippen molar-refractivity contribution in [2.24, 2.45) is 0 Å². The summed E-state index contributed by atoms with van der Waals surface area (Å²) in [4.78, 5) is 43.4. The number of H-pyrrole nitrogens is 1. The molecule has 8 nitrogen and oxygen atoms in total. The van der Waals surface area contributed by atoms with E-state index in [0.29, 0.717) is 18.6 Å². The number of aryl methyl sites for hydroxylation is 1. The highest BCUT2D eigenvalue weighted by Gasteiger charge is 2.27. The van der Waals surface area contributed by atoms with E-state index in [-0.39, 0.29) is 22.9 Å². The fourth-order valence-electron chi connectivity index (χ4n) is 3.45. The molecular formula is C21H22N4O4. The Labute approximate surface area is 166 Å². The third kappa shape index (κ3) is 3.78. The van der Waals surface area contributed by atoms with Gasteiger partial charge in [-0.05, 0) is 43.9 Å². The third-order valence-electron chi connectivity index (χ3n) is 5.07. The number of aromatic amines is 1. The highest BCUT2D eigenvalue weighted by Crippen LogP contribution is 2.34. The number of carbonyl (C=O) groups excluding carboxylic acids is 1. The number of benzene rings is 1. The molecule has 2 aromatic heterocycles. The van der Waals surface area contributed by atoms with Gasteiger partial charge in [-0.1, -0.05) is 17.7 Å². The summed E-state index contributed by atoms with van der Waals surface area (Å²) >= 11 is 0. The predicted octanol–water partition coefficient (Wildman–Crippen LogP) is 1.71. The molecule has 29 heavy (non-hydrogen) atoms. The van der Waals surface area contributed by atoms with Crippen molar-refractivity contribution in [3.8, 4) is 5.75 Å². The van der Waals surface area contributed by atoms with Gasteiger partial charge in [0.1, 0.15) is 11.4 Å². The number of nitrogens with zero attached hydrogens (tertiary/aromatic N) is 2. The van der Waals surface area contributed by atoms with E-state index in [0.717, 1.165) is 29.7 Å². The highest BCUT2D eigenvalue weighted by atomic mass is 16.5. The second-order valence-electron chi connectivity index (χ2n) is 7.28. The summed E-state index contributed by atoms with van der Waals surface area (Å²) in [6.45, 7) is 2.41. The molecule has 1 fully saturated rings. The first-order valence-corrected chi connectivity index (χ1v) is 9.54. The Bertz CT molecular complexity index is 1210. The average Bonchev–Trinajstić information content (AvgIpc) is 3.53. The van der Waals surface area contributed by atoms with Crippen LogP contribution in [0.5, 0.6) is 5.75 Å². The third-order valence-corrected chi connectivity index (χ3v) is 5.07. The van der Waals surface area contributed by atoms with Gasteiger partial charge in [0.05, 0.1) is 18.1 Å². The van der Waals surface area contributed by atoms with E-state index < -0.39 is 11.2 Å². The van der Waals surface area contributed by atoms with Crippen LogP contribution in [0.1, 0.15) is 40.4 Å². The lowest BCUT2D eigenvalue weighted by atomic mass is 10.1. The molecule has 3 aromatic rings. The molecule has 0 saturated heterocycles. The Morgan fingerprint density at radius 3 is 2.83 bits per heavy atom. The standard InChI is InChI=1S/C21H22N4O4/c1-12-3-6-17(29-2)13(9-12)7-8-22-19(26)14-10-16-18(23-11-14)25(15-4-5-15)21(28)24-20(16)27/h3,6,9-11,15H,4-5,7-8H2,1-2H3,(H,22,26)(H,24,27,28). The number of methoxy groups -OCH3 is 1. The maximum Gasteiger partial charge on any atom is 0.330 e. The summed E-state index contributed by atoms with van der Waals surface area (Å²) in [6.07, 6.45) is 3.78. The van der Waals surface area contributed by atoms with Crippen LogP contribution in [0.25, 0.3) is 11.0 Å². The summed E-state index contributed by atoms with van der Waals surface area (Å²) in [5.41, 5.74) is 1.74. The fraction of sp³-hybridized carbons (Fsp3) is 0.333. The first-order valence-electron chi connectivity index (χ1n) is 9.54. The van der Waals surface area contributed by atoms with Gasteiger partial charge in [0.25, 0.3) is 11.5 Å². The molecule has 1 aliphatic carbocycles. The number of hydrogen-bond acceptors (Lipinski definition) is 5. The highest BCUT2D eigenvalue weighted by molar-refractivity contribution is 5.96.